The lowest BCUT2D eigenvalue weighted by Crippen LogP contribution is -2.40. The van der Waals surface area contributed by atoms with Gasteiger partial charge in [-0.05, 0) is 18.4 Å². The van der Waals surface area contributed by atoms with Crippen molar-refractivity contribution in [1.29, 1.82) is 0 Å². The van der Waals surface area contributed by atoms with Crippen LogP contribution in [0.4, 0.5) is 0 Å². The molecule has 15 heavy (non-hydrogen) atoms. The van der Waals surface area contributed by atoms with E-state index in [0.717, 1.165) is 25.9 Å². The molecule has 0 aromatic heterocycles. The Morgan fingerprint density at radius 3 is 2.80 bits per heavy atom. The molecule has 1 heterocycles. The highest BCUT2D eigenvalue weighted by molar-refractivity contribution is 14.1. The van der Waals surface area contributed by atoms with Crippen molar-refractivity contribution in [2.45, 2.75) is 23.3 Å². The van der Waals surface area contributed by atoms with Gasteiger partial charge in [0.2, 0.25) is 5.91 Å². The van der Waals surface area contributed by atoms with Gasteiger partial charge in [0.05, 0.1) is 3.92 Å². The summed E-state index contributed by atoms with van der Waals surface area (Å²) in [6, 6.07) is 10.2. The predicted molar refractivity (Wildman–Crippen MR) is 68.9 cm³/mol. The largest absolute Gasteiger partial charge is 0.337 e. The first-order valence-electron chi connectivity index (χ1n) is 5.24. The van der Waals surface area contributed by atoms with Gasteiger partial charge in [0.1, 0.15) is 0 Å². The van der Waals surface area contributed by atoms with Crippen molar-refractivity contribution in [2.24, 2.45) is 0 Å². The van der Waals surface area contributed by atoms with Gasteiger partial charge in [-0.1, -0.05) is 52.9 Å². The van der Waals surface area contributed by atoms with Crippen molar-refractivity contribution in [3.63, 3.8) is 0 Å². The predicted octanol–water partition coefficient (Wildman–Crippen LogP) is 2.61. The van der Waals surface area contributed by atoms with Crippen molar-refractivity contribution in [3.8, 4) is 0 Å². The number of hydrogen-bond acceptors (Lipinski definition) is 1. The SMILES string of the molecule is O=C1[C@H](I)CCCN1Cc1ccccc1. The van der Waals surface area contributed by atoms with Crippen LogP contribution < -0.4 is 0 Å². The van der Waals surface area contributed by atoms with Gasteiger partial charge >= 0.3 is 0 Å². The highest BCUT2D eigenvalue weighted by Crippen LogP contribution is 2.20. The van der Waals surface area contributed by atoms with Gasteiger partial charge in [0, 0.05) is 13.1 Å². The zero-order valence-corrected chi connectivity index (χ0v) is 10.7. The fraction of sp³-hybridized carbons (Fsp3) is 0.417. The Morgan fingerprint density at radius 1 is 1.33 bits per heavy atom. The molecule has 2 nitrogen and oxygen atoms in total. The standard InChI is InChI=1S/C12H14INO/c13-11-7-4-8-14(12(11)15)9-10-5-2-1-3-6-10/h1-3,5-6,11H,4,7-9H2/t11-/m1/s1. The van der Waals surface area contributed by atoms with E-state index in [4.69, 9.17) is 0 Å². The van der Waals surface area contributed by atoms with E-state index >= 15 is 0 Å². The summed E-state index contributed by atoms with van der Waals surface area (Å²) in [5.74, 6) is 0.297. The Labute approximate surface area is 104 Å². The summed E-state index contributed by atoms with van der Waals surface area (Å²) in [4.78, 5) is 13.8. The summed E-state index contributed by atoms with van der Waals surface area (Å²) >= 11 is 2.25. The average Bonchev–Trinajstić information content (AvgIpc) is 2.26. The van der Waals surface area contributed by atoms with Crippen LogP contribution in [0, 0.1) is 0 Å². The molecule has 1 saturated heterocycles. The number of nitrogens with zero attached hydrogens (tertiary/aromatic N) is 1. The quantitative estimate of drug-likeness (QED) is 0.607. The lowest BCUT2D eigenvalue weighted by molar-refractivity contribution is -0.132. The highest BCUT2D eigenvalue weighted by atomic mass is 127. The second kappa shape index (κ2) is 4.96. The minimum absolute atomic E-state index is 0.181. The Balaban J connectivity index is 2.03. The summed E-state index contributed by atoms with van der Waals surface area (Å²) in [6.45, 7) is 1.67. The first-order valence-corrected chi connectivity index (χ1v) is 6.49. The van der Waals surface area contributed by atoms with Crippen molar-refractivity contribution >= 4 is 28.5 Å². The molecule has 1 aliphatic rings. The van der Waals surface area contributed by atoms with Gasteiger partial charge in [-0.25, -0.2) is 0 Å². The molecular weight excluding hydrogens is 301 g/mol. The van der Waals surface area contributed by atoms with Crippen molar-refractivity contribution in [2.75, 3.05) is 6.54 Å². The van der Waals surface area contributed by atoms with E-state index in [2.05, 4.69) is 34.7 Å². The highest BCUT2D eigenvalue weighted by Gasteiger charge is 2.25. The van der Waals surface area contributed by atoms with E-state index in [1.807, 2.05) is 23.1 Å². The first kappa shape index (κ1) is 10.9. The normalized spacial score (nSPS) is 21.8. The molecule has 1 aromatic carbocycles. The number of piperidine rings is 1. The minimum atomic E-state index is 0.181. The summed E-state index contributed by atoms with van der Waals surface area (Å²) in [7, 11) is 0. The van der Waals surface area contributed by atoms with Gasteiger partial charge in [0.15, 0.2) is 0 Å². The molecule has 0 saturated carbocycles. The summed E-state index contributed by atoms with van der Waals surface area (Å²) in [6.07, 6.45) is 2.16. The van der Waals surface area contributed by atoms with Crippen molar-refractivity contribution in [1.82, 2.24) is 4.90 Å². The maximum atomic E-state index is 11.8. The molecule has 0 radical (unpaired) electrons. The molecule has 1 aliphatic heterocycles. The molecule has 0 unspecified atom stereocenters. The summed E-state index contributed by atoms with van der Waals surface area (Å²) in [5, 5.41) is 0. The van der Waals surface area contributed by atoms with Crippen LogP contribution in [0.1, 0.15) is 18.4 Å². The molecule has 0 aliphatic carbocycles. The molecule has 1 amide bonds. The molecule has 1 atom stereocenters. The van der Waals surface area contributed by atoms with Crippen LogP contribution in [0.15, 0.2) is 30.3 Å². The van der Waals surface area contributed by atoms with Gasteiger partial charge in [0.25, 0.3) is 0 Å². The fourth-order valence-electron chi connectivity index (χ4n) is 1.85. The number of carbonyl (C=O) groups excluding carboxylic acids is 1. The third-order valence-corrected chi connectivity index (χ3v) is 3.84. The molecule has 3 heteroatoms. The minimum Gasteiger partial charge on any atom is -0.337 e. The Hall–Kier alpha value is -0.580. The van der Waals surface area contributed by atoms with Crippen LogP contribution in [0.3, 0.4) is 0 Å². The summed E-state index contributed by atoms with van der Waals surface area (Å²) < 4.78 is 0.181. The number of benzene rings is 1. The Morgan fingerprint density at radius 2 is 2.07 bits per heavy atom. The molecule has 2 rings (SSSR count). The van der Waals surface area contributed by atoms with Crippen LogP contribution in [0.5, 0.6) is 0 Å². The lowest BCUT2D eigenvalue weighted by Gasteiger charge is -2.29. The van der Waals surface area contributed by atoms with Crippen LogP contribution in [-0.2, 0) is 11.3 Å². The lowest BCUT2D eigenvalue weighted by atomic mass is 10.1. The number of amides is 1. The number of rotatable bonds is 2. The molecule has 80 valence electrons. The zero-order chi connectivity index (χ0) is 10.7. The van der Waals surface area contributed by atoms with E-state index in [9.17, 15) is 4.79 Å². The number of carbonyl (C=O) groups is 1. The Bertz CT molecular complexity index is 339. The smallest absolute Gasteiger partial charge is 0.235 e. The van der Waals surface area contributed by atoms with Gasteiger partial charge in [-0.2, -0.15) is 0 Å². The van der Waals surface area contributed by atoms with E-state index in [1.165, 1.54) is 5.56 Å². The maximum absolute atomic E-state index is 11.8. The van der Waals surface area contributed by atoms with Crippen molar-refractivity contribution < 1.29 is 4.79 Å². The molecular formula is C12H14INO. The van der Waals surface area contributed by atoms with Crippen LogP contribution in [0.2, 0.25) is 0 Å². The average molecular weight is 315 g/mol. The monoisotopic (exact) mass is 315 g/mol. The number of likely N-dealkylation sites (tertiary alicyclic amines) is 1. The number of halogens is 1. The second-order valence-electron chi connectivity index (χ2n) is 3.86. The molecule has 0 bridgehead atoms. The second-order valence-corrected chi connectivity index (χ2v) is 5.36. The van der Waals surface area contributed by atoms with E-state index < -0.39 is 0 Å². The third kappa shape index (κ3) is 2.71. The topological polar surface area (TPSA) is 20.3 Å². The van der Waals surface area contributed by atoms with Gasteiger partial charge in [-0.15, -0.1) is 0 Å². The summed E-state index contributed by atoms with van der Waals surface area (Å²) in [5.41, 5.74) is 1.22. The molecule has 1 fully saturated rings. The van der Waals surface area contributed by atoms with E-state index in [1.54, 1.807) is 0 Å². The van der Waals surface area contributed by atoms with Crippen LogP contribution >= 0.6 is 22.6 Å². The molecule has 1 aromatic rings. The Kier molecular flexibility index (Phi) is 3.61. The van der Waals surface area contributed by atoms with Gasteiger partial charge < -0.3 is 4.90 Å². The molecule has 0 N–H and O–H groups in total. The number of alkyl halides is 1. The fourth-order valence-corrected chi connectivity index (χ4v) is 2.69. The van der Waals surface area contributed by atoms with E-state index in [0.29, 0.717) is 5.91 Å². The first-order chi connectivity index (χ1) is 7.27. The number of hydrogen-bond donors (Lipinski definition) is 0. The zero-order valence-electron chi connectivity index (χ0n) is 8.53. The van der Waals surface area contributed by atoms with Gasteiger partial charge in [-0.3, -0.25) is 4.79 Å². The maximum Gasteiger partial charge on any atom is 0.235 e. The van der Waals surface area contributed by atoms with Crippen LogP contribution in [0.25, 0.3) is 0 Å². The molecule has 0 spiro atoms. The van der Waals surface area contributed by atoms with E-state index in [-0.39, 0.29) is 3.92 Å². The third-order valence-electron chi connectivity index (χ3n) is 2.68. The van der Waals surface area contributed by atoms with Crippen molar-refractivity contribution in [3.05, 3.63) is 35.9 Å². The van der Waals surface area contributed by atoms with Crippen LogP contribution in [-0.4, -0.2) is 21.3 Å².